The zero-order chi connectivity index (χ0) is 22.5. The Balaban J connectivity index is 2.15. The predicted molar refractivity (Wildman–Crippen MR) is 125 cm³/mol. The summed E-state index contributed by atoms with van der Waals surface area (Å²) in [5.74, 6) is -0.712. The lowest BCUT2D eigenvalue weighted by atomic mass is 10.1. The van der Waals surface area contributed by atoms with Crippen molar-refractivity contribution in [3.05, 3.63) is 87.2 Å². The lowest BCUT2D eigenvalue weighted by Gasteiger charge is -2.21. The van der Waals surface area contributed by atoms with E-state index in [0.29, 0.717) is 33.6 Å². The van der Waals surface area contributed by atoms with Crippen LogP contribution in [0.4, 0.5) is 0 Å². The third kappa shape index (κ3) is 4.62. The highest BCUT2D eigenvalue weighted by Crippen LogP contribution is 2.25. The third-order valence-corrected chi connectivity index (χ3v) is 5.04. The van der Waals surface area contributed by atoms with E-state index < -0.39 is 11.9 Å². The highest BCUT2D eigenvalue weighted by atomic mass is 35.5. The molecule has 1 atom stereocenters. The SMILES string of the molecule is CCC=NC(C(=O)N[C@@H](C)c1cc2cccc(Cl)c2c(=O)n1-c1ccccc1)=C(N)N. The zero-order valence-corrected chi connectivity index (χ0v) is 18.1. The van der Waals surface area contributed by atoms with Gasteiger partial charge in [-0.15, -0.1) is 0 Å². The van der Waals surface area contributed by atoms with E-state index in [-0.39, 0.29) is 17.1 Å². The van der Waals surface area contributed by atoms with E-state index in [4.69, 9.17) is 23.1 Å². The van der Waals surface area contributed by atoms with Gasteiger partial charge in [0.25, 0.3) is 11.5 Å². The summed E-state index contributed by atoms with van der Waals surface area (Å²) >= 11 is 6.33. The van der Waals surface area contributed by atoms with E-state index in [9.17, 15) is 9.59 Å². The summed E-state index contributed by atoms with van der Waals surface area (Å²) in [6.07, 6.45) is 2.18. The third-order valence-electron chi connectivity index (χ3n) is 4.72. The van der Waals surface area contributed by atoms with E-state index in [2.05, 4.69) is 10.3 Å². The van der Waals surface area contributed by atoms with E-state index >= 15 is 0 Å². The standard InChI is InChI=1S/C23H24ClN5O2/c1-3-12-27-20(21(25)26)22(30)28-14(2)18-13-15-8-7-11-17(24)19(15)23(31)29(18)16-9-5-4-6-10-16/h4-14H,3,25-26H2,1-2H3,(H,28,30)/t14-/m0/s1. The van der Waals surface area contributed by atoms with Gasteiger partial charge in [-0.25, -0.2) is 0 Å². The lowest BCUT2D eigenvalue weighted by Crippen LogP contribution is -2.34. The molecule has 0 spiro atoms. The highest BCUT2D eigenvalue weighted by molar-refractivity contribution is 6.35. The number of hydrogen-bond acceptors (Lipinski definition) is 5. The van der Waals surface area contributed by atoms with Gasteiger partial charge in [0, 0.05) is 17.6 Å². The van der Waals surface area contributed by atoms with Crippen LogP contribution in [0.5, 0.6) is 0 Å². The molecule has 1 aromatic heterocycles. The number of carbonyl (C=O) groups is 1. The van der Waals surface area contributed by atoms with E-state index in [0.717, 1.165) is 0 Å². The molecule has 0 fully saturated rings. The fourth-order valence-electron chi connectivity index (χ4n) is 3.29. The Morgan fingerprint density at radius 2 is 1.90 bits per heavy atom. The van der Waals surface area contributed by atoms with E-state index in [1.54, 1.807) is 29.8 Å². The Morgan fingerprint density at radius 3 is 2.55 bits per heavy atom. The molecule has 160 valence electrons. The van der Waals surface area contributed by atoms with Gasteiger partial charge in [-0.2, -0.15) is 0 Å². The van der Waals surface area contributed by atoms with Crippen molar-refractivity contribution in [2.24, 2.45) is 16.5 Å². The van der Waals surface area contributed by atoms with Gasteiger partial charge in [-0.3, -0.25) is 19.1 Å². The molecule has 0 bridgehead atoms. The number of carbonyl (C=O) groups excluding carboxylic acids is 1. The molecule has 3 rings (SSSR count). The number of fused-ring (bicyclic) bond motifs is 1. The number of hydrogen-bond donors (Lipinski definition) is 3. The lowest BCUT2D eigenvalue weighted by molar-refractivity contribution is -0.118. The molecular weight excluding hydrogens is 414 g/mol. The summed E-state index contributed by atoms with van der Waals surface area (Å²) in [4.78, 5) is 30.3. The quantitative estimate of drug-likeness (QED) is 0.405. The minimum absolute atomic E-state index is 0.0638. The molecule has 7 nitrogen and oxygen atoms in total. The van der Waals surface area contributed by atoms with Crippen molar-refractivity contribution in [1.29, 1.82) is 0 Å². The molecule has 0 radical (unpaired) electrons. The molecule has 0 aliphatic heterocycles. The molecule has 5 N–H and O–H groups in total. The van der Waals surface area contributed by atoms with Crippen LogP contribution in [0.2, 0.25) is 5.02 Å². The maximum absolute atomic E-state index is 13.4. The summed E-state index contributed by atoms with van der Waals surface area (Å²) in [6, 6.07) is 15.7. The normalized spacial score (nSPS) is 12.1. The van der Waals surface area contributed by atoms with Crippen molar-refractivity contribution in [1.82, 2.24) is 9.88 Å². The number of pyridine rings is 1. The second-order valence-electron chi connectivity index (χ2n) is 6.97. The minimum Gasteiger partial charge on any atom is -0.384 e. The first-order chi connectivity index (χ1) is 14.8. The van der Waals surface area contributed by atoms with Gasteiger partial charge in [0.15, 0.2) is 5.70 Å². The number of aliphatic imine (C=N–C) groups is 1. The molecule has 3 aromatic rings. The largest absolute Gasteiger partial charge is 0.384 e. The molecule has 2 aromatic carbocycles. The zero-order valence-electron chi connectivity index (χ0n) is 17.3. The summed E-state index contributed by atoms with van der Waals surface area (Å²) in [5.41, 5.74) is 12.2. The molecule has 8 heteroatoms. The number of rotatable bonds is 6. The van der Waals surface area contributed by atoms with Gasteiger partial charge in [0.2, 0.25) is 0 Å². The van der Waals surface area contributed by atoms with Crippen LogP contribution in [0.3, 0.4) is 0 Å². The second kappa shape index (κ2) is 9.49. The number of aromatic nitrogens is 1. The molecule has 0 aliphatic carbocycles. The summed E-state index contributed by atoms with van der Waals surface area (Å²) in [5, 5.41) is 4.30. The number of halogens is 1. The first kappa shape index (κ1) is 22.1. The number of nitrogens with one attached hydrogen (secondary N) is 1. The molecule has 1 amide bonds. The molecule has 0 saturated carbocycles. The number of nitrogens with zero attached hydrogens (tertiary/aromatic N) is 2. The fraction of sp³-hybridized carbons (Fsp3) is 0.174. The summed E-state index contributed by atoms with van der Waals surface area (Å²) in [6.45, 7) is 3.66. The second-order valence-corrected chi connectivity index (χ2v) is 7.38. The average molecular weight is 438 g/mol. The number of nitrogens with two attached hydrogens (primary N) is 2. The van der Waals surface area contributed by atoms with Gasteiger partial charge < -0.3 is 16.8 Å². The van der Waals surface area contributed by atoms with Crippen LogP contribution in [-0.4, -0.2) is 16.7 Å². The number of para-hydroxylation sites is 1. The van der Waals surface area contributed by atoms with E-state index in [1.807, 2.05) is 49.4 Å². The first-order valence-electron chi connectivity index (χ1n) is 9.83. The van der Waals surface area contributed by atoms with Gasteiger partial charge in [-0.1, -0.05) is 48.9 Å². The number of benzene rings is 2. The fourth-order valence-corrected chi connectivity index (χ4v) is 3.55. The topological polar surface area (TPSA) is 116 Å². The summed E-state index contributed by atoms with van der Waals surface area (Å²) < 4.78 is 1.55. The van der Waals surface area contributed by atoms with Crippen LogP contribution in [0.25, 0.3) is 16.5 Å². The van der Waals surface area contributed by atoms with Crippen LogP contribution >= 0.6 is 11.6 Å². The number of amides is 1. The molecule has 0 saturated heterocycles. The Kier molecular flexibility index (Phi) is 6.77. The predicted octanol–water partition coefficient (Wildman–Crippen LogP) is 3.39. The highest BCUT2D eigenvalue weighted by Gasteiger charge is 2.21. The van der Waals surface area contributed by atoms with Gasteiger partial charge in [-0.05, 0) is 43.0 Å². The van der Waals surface area contributed by atoms with Crippen LogP contribution in [0.15, 0.2) is 75.9 Å². The van der Waals surface area contributed by atoms with Crippen molar-refractivity contribution >= 4 is 34.5 Å². The van der Waals surface area contributed by atoms with Crippen LogP contribution < -0.4 is 22.3 Å². The van der Waals surface area contributed by atoms with Crippen LogP contribution in [0.1, 0.15) is 32.0 Å². The molecular formula is C23H24ClN5O2. The van der Waals surface area contributed by atoms with Crippen molar-refractivity contribution in [2.75, 3.05) is 0 Å². The summed E-state index contributed by atoms with van der Waals surface area (Å²) in [7, 11) is 0. The van der Waals surface area contributed by atoms with Gasteiger partial charge in [0.05, 0.1) is 16.5 Å². The Hall–Kier alpha value is -3.58. The molecule has 0 aliphatic rings. The Labute approximate surface area is 185 Å². The average Bonchev–Trinajstić information content (AvgIpc) is 2.74. The van der Waals surface area contributed by atoms with Crippen LogP contribution in [0, 0.1) is 0 Å². The van der Waals surface area contributed by atoms with Crippen molar-refractivity contribution < 1.29 is 4.79 Å². The van der Waals surface area contributed by atoms with Crippen molar-refractivity contribution in [3.63, 3.8) is 0 Å². The maximum Gasteiger partial charge on any atom is 0.274 e. The monoisotopic (exact) mass is 437 g/mol. The molecule has 0 unspecified atom stereocenters. The Bertz CT molecular complexity index is 1230. The minimum atomic E-state index is -0.560. The van der Waals surface area contributed by atoms with Crippen LogP contribution in [-0.2, 0) is 4.79 Å². The van der Waals surface area contributed by atoms with E-state index in [1.165, 1.54) is 0 Å². The molecule has 31 heavy (non-hydrogen) atoms. The molecule has 1 heterocycles. The van der Waals surface area contributed by atoms with Crippen molar-refractivity contribution in [3.8, 4) is 5.69 Å². The van der Waals surface area contributed by atoms with Crippen molar-refractivity contribution in [2.45, 2.75) is 26.3 Å². The smallest absolute Gasteiger partial charge is 0.274 e. The maximum atomic E-state index is 13.4. The first-order valence-corrected chi connectivity index (χ1v) is 10.2. The van der Waals surface area contributed by atoms with Gasteiger partial charge in [0.1, 0.15) is 5.82 Å². The Morgan fingerprint density at radius 1 is 1.19 bits per heavy atom. The van der Waals surface area contributed by atoms with Gasteiger partial charge >= 0.3 is 0 Å².